The van der Waals surface area contributed by atoms with E-state index in [-0.39, 0.29) is 12.2 Å². The standard InChI is InChI=1S/C26H29N3O6/c1-33-20-7-5-19(6-8-20)29-12-10-28(11-13-29)17-21-14-23(30)25(32)26(35-21)22(15-24(31)34-2)18-4-3-9-27-16-18/h3-9,14,16,22,32H,10-13,15,17H2,1-2H3. The van der Waals surface area contributed by atoms with E-state index in [9.17, 15) is 14.7 Å². The van der Waals surface area contributed by atoms with Crippen LogP contribution in [0.4, 0.5) is 5.69 Å². The number of hydrogen-bond donors (Lipinski definition) is 1. The molecule has 9 heteroatoms. The quantitative estimate of drug-likeness (QED) is 0.488. The van der Waals surface area contributed by atoms with E-state index in [1.165, 1.54) is 13.2 Å². The van der Waals surface area contributed by atoms with Gasteiger partial charge >= 0.3 is 5.97 Å². The number of rotatable bonds is 8. The molecule has 1 atom stereocenters. The Bertz CT molecular complexity index is 1190. The van der Waals surface area contributed by atoms with Gasteiger partial charge in [0.1, 0.15) is 11.5 Å². The zero-order valence-corrected chi connectivity index (χ0v) is 19.8. The van der Waals surface area contributed by atoms with E-state index in [2.05, 4.69) is 14.8 Å². The summed E-state index contributed by atoms with van der Waals surface area (Å²) in [7, 11) is 2.94. The van der Waals surface area contributed by atoms with E-state index in [4.69, 9.17) is 13.9 Å². The van der Waals surface area contributed by atoms with Gasteiger partial charge in [0.05, 0.1) is 33.1 Å². The molecular formula is C26H29N3O6. The molecule has 0 aliphatic carbocycles. The Morgan fingerprint density at radius 1 is 1.14 bits per heavy atom. The minimum absolute atomic E-state index is 0.0442. The first kappa shape index (κ1) is 24.3. The lowest BCUT2D eigenvalue weighted by atomic mass is 9.93. The summed E-state index contributed by atoms with van der Waals surface area (Å²) in [4.78, 5) is 33.3. The fraction of sp³-hybridized carbons (Fsp3) is 0.346. The van der Waals surface area contributed by atoms with Gasteiger partial charge in [-0.2, -0.15) is 0 Å². The number of ether oxygens (including phenoxy) is 2. The number of piperazine rings is 1. The lowest BCUT2D eigenvalue weighted by Gasteiger charge is -2.36. The molecule has 0 saturated carbocycles. The summed E-state index contributed by atoms with van der Waals surface area (Å²) in [6.07, 6.45) is 3.09. The molecule has 0 radical (unpaired) electrons. The first-order chi connectivity index (χ1) is 17.0. The van der Waals surface area contributed by atoms with E-state index < -0.39 is 23.1 Å². The smallest absolute Gasteiger partial charge is 0.306 e. The van der Waals surface area contributed by atoms with Crippen LogP contribution in [0, 0.1) is 0 Å². The van der Waals surface area contributed by atoms with Gasteiger partial charge in [0.15, 0.2) is 5.76 Å². The predicted octanol–water partition coefficient (Wildman–Crippen LogP) is 2.77. The van der Waals surface area contributed by atoms with Crippen molar-refractivity contribution in [3.8, 4) is 11.5 Å². The molecule has 1 unspecified atom stereocenters. The van der Waals surface area contributed by atoms with Crippen LogP contribution in [0.15, 0.2) is 64.1 Å². The molecule has 1 fully saturated rings. The van der Waals surface area contributed by atoms with E-state index in [0.717, 1.165) is 37.6 Å². The van der Waals surface area contributed by atoms with Crippen molar-refractivity contribution in [3.05, 3.63) is 82.2 Å². The lowest BCUT2D eigenvalue weighted by Crippen LogP contribution is -2.46. The number of aromatic nitrogens is 1. The number of aromatic hydroxyl groups is 1. The van der Waals surface area contributed by atoms with Crippen molar-refractivity contribution in [1.82, 2.24) is 9.88 Å². The van der Waals surface area contributed by atoms with E-state index in [0.29, 0.717) is 17.9 Å². The van der Waals surface area contributed by atoms with Crippen LogP contribution in [-0.2, 0) is 16.1 Å². The first-order valence-electron chi connectivity index (χ1n) is 11.4. The van der Waals surface area contributed by atoms with E-state index in [1.807, 2.05) is 24.3 Å². The summed E-state index contributed by atoms with van der Waals surface area (Å²) in [5, 5.41) is 10.5. The highest BCUT2D eigenvalue weighted by Crippen LogP contribution is 2.33. The monoisotopic (exact) mass is 479 g/mol. The van der Waals surface area contributed by atoms with Gasteiger partial charge in [-0.15, -0.1) is 0 Å². The number of anilines is 1. The van der Waals surface area contributed by atoms with E-state index >= 15 is 0 Å². The summed E-state index contributed by atoms with van der Waals surface area (Å²) in [5.74, 6) is -0.392. The molecule has 9 nitrogen and oxygen atoms in total. The Balaban J connectivity index is 1.50. The van der Waals surface area contributed by atoms with Gasteiger partial charge in [0.25, 0.3) is 0 Å². The molecular weight excluding hydrogens is 450 g/mol. The van der Waals surface area contributed by atoms with Crippen LogP contribution in [0.3, 0.4) is 0 Å². The summed E-state index contributed by atoms with van der Waals surface area (Å²) < 4.78 is 16.1. The Hall–Kier alpha value is -3.85. The first-order valence-corrected chi connectivity index (χ1v) is 11.4. The van der Waals surface area contributed by atoms with Gasteiger partial charge in [-0.05, 0) is 35.9 Å². The topological polar surface area (TPSA) is 105 Å². The average Bonchev–Trinajstić information content (AvgIpc) is 2.90. The van der Waals surface area contributed by atoms with Crippen molar-refractivity contribution < 1.29 is 23.8 Å². The molecule has 1 N–H and O–H groups in total. The maximum Gasteiger partial charge on any atom is 0.306 e. The zero-order chi connectivity index (χ0) is 24.8. The van der Waals surface area contributed by atoms with Crippen LogP contribution in [0.5, 0.6) is 11.5 Å². The maximum atomic E-state index is 12.6. The number of carbonyl (C=O) groups is 1. The molecule has 2 aromatic heterocycles. The Morgan fingerprint density at radius 3 is 2.51 bits per heavy atom. The van der Waals surface area contributed by atoms with Crippen LogP contribution >= 0.6 is 0 Å². The van der Waals surface area contributed by atoms with Crippen LogP contribution in [0.25, 0.3) is 0 Å². The number of pyridine rings is 1. The van der Waals surface area contributed by atoms with Gasteiger partial charge in [0, 0.05) is 50.3 Å². The number of nitrogens with zero attached hydrogens (tertiary/aromatic N) is 3. The van der Waals surface area contributed by atoms with Gasteiger partial charge in [-0.1, -0.05) is 6.07 Å². The largest absolute Gasteiger partial charge is 0.502 e. The molecule has 0 amide bonds. The molecule has 3 aromatic rings. The van der Waals surface area contributed by atoms with Crippen LogP contribution < -0.4 is 15.1 Å². The summed E-state index contributed by atoms with van der Waals surface area (Å²) in [5.41, 5.74) is 1.23. The van der Waals surface area contributed by atoms with Gasteiger partial charge in [-0.25, -0.2) is 0 Å². The van der Waals surface area contributed by atoms with Crippen LogP contribution in [0.2, 0.25) is 0 Å². The third kappa shape index (κ3) is 5.81. The minimum atomic E-state index is -0.698. The second-order valence-corrected chi connectivity index (χ2v) is 8.37. The zero-order valence-electron chi connectivity index (χ0n) is 19.8. The SMILES string of the molecule is COC(=O)CC(c1cccnc1)c1oc(CN2CCN(c3ccc(OC)cc3)CC2)cc(=O)c1O. The molecule has 3 heterocycles. The molecule has 1 aliphatic rings. The highest BCUT2D eigenvalue weighted by molar-refractivity contribution is 5.71. The van der Waals surface area contributed by atoms with Gasteiger partial charge in [-0.3, -0.25) is 19.5 Å². The van der Waals surface area contributed by atoms with Crippen LogP contribution in [-0.4, -0.2) is 61.4 Å². The molecule has 1 aliphatic heterocycles. The third-order valence-corrected chi connectivity index (χ3v) is 6.19. The fourth-order valence-electron chi connectivity index (χ4n) is 4.24. The molecule has 0 bridgehead atoms. The number of esters is 1. The summed E-state index contributed by atoms with van der Waals surface area (Å²) in [6.45, 7) is 3.61. The van der Waals surface area contributed by atoms with Crippen molar-refractivity contribution in [3.63, 3.8) is 0 Å². The number of hydrogen-bond acceptors (Lipinski definition) is 9. The van der Waals surface area contributed by atoms with Crippen molar-refractivity contribution in [2.75, 3.05) is 45.3 Å². The number of carbonyl (C=O) groups excluding carboxylic acids is 1. The van der Waals surface area contributed by atoms with E-state index in [1.54, 1.807) is 31.6 Å². The molecule has 1 saturated heterocycles. The molecule has 184 valence electrons. The Morgan fingerprint density at radius 2 is 1.89 bits per heavy atom. The lowest BCUT2D eigenvalue weighted by molar-refractivity contribution is -0.140. The summed E-state index contributed by atoms with van der Waals surface area (Å²) in [6, 6.07) is 12.8. The maximum absolute atomic E-state index is 12.6. The molecule has 4 rings (SSSR count). The highest BCUT2D eigenvalue weighted by atomic mass is 16.5. The van der Waals surface area contributed by atoms with Crippen molar-refractivity contribution in [2.24, 2.45) is 0 Å². The van der Waals surface area contributed by atoms with Crippen molar-refractivity contribution in [1.29, 1.82) is 0 Å². The van der Waals surface area contributed by atoms with Crippen LogP contribution in [0.1, 0.15) is 29.4 Å². The summed E-state index contributed by atoms with van der Waals surface area (Å²) >= 11 is 0. The van der Waals surface area contributed by atoms with Gasteiger partial charge < -0.3 is 23.9 Å². The Kier molecular flexibility index (Phi) is 7.67. The Labute approximate surface area is 203 Å². The normalized spacial score (nSPS) is 15.0. The minimum Gasteiger partial charge on any atom is -0.502 e. The second-order valence-electron chi connectivity index (χ2n) is 8.37. The van der Waals surface area contributed by atoms with Crippen molar-refractivity contribution in [2.45, 2.75) is 18.9 Å². The molecule has 1 aromatic carbocycles. The van der Waals surface area contributed by atoms with Crippen molar-refractivity contribution >= 4 is 11.7 Å². The molecule has 35 heavy (non-hydrogen) atoms. The molecule has 0 spiro atoms. The predicted molar refractivity (Wildman–Crippen MR) is 130 cm³/mol. The number of benzene rings is 1. The fourth-order valence-corrected chi connectivity index (χ4v) is 4.24. The second kappa shape index (κ2) is 11.1. The third-order valence-electron chi connectivity index (χ3n) is 6.19. The highest BCUT2D eigenvalue weighted by Gasteiger charge is 2.27. The number of methoxy groups -OCH3 is 2. The average molecular weight is 480 g/mol. The van der Waals surface area contributed by atoms with Gasteiger partial charge in [0.2, 0.25) is 11.2 Å².